The maximum atomic E-state index is 11.4. The molecule has 0 unspecified atom stereocenters. The van der Waals surface area contributed by atoms with Gasteiger partial charge in [0.2, 0.25) is 5.91 Å². The third-order valence-electron chi connectivity index (χ3n) is 3.29. The van der Waals surface area contributed by atoms with E-state index in [1.165, 1.54) is 0 Å². The molecule has 0 aliphatic rings. The number of hydrogen-bond donors (Lipinski definition) is 1. The first-order valence-corrected chi connectivity index (χ1v) is 6.98. The lowest BCUT2D eigenvalue weighted by Gasteiger charge is -2.27. The quantitative estimate of drug-likeness (QED) is 0.916. The van der Waals surface area contributed by atoms with Crippen molar-refractivity contribution in [3.05, 3.63) is 42.0 Å². The SMILES string of the molecule is CC(C)CN(CC(N)=O)c1ccc(C#N)c2ccccc12. The molecule has 0 spiro atoms. The molecule has 21 heavy (non-hydrogen) atoms. The molecule has 1 amide bonds. The van der Waals surface area contributed by atoms with E-state index < -0.39 is 0 Å². The first kappa shape index (κ1) is 14.9. The first-order valence-electron chi connectivity index (χ1n) is 6.98. The molecule has 0 saturated carbocycles. The Kier molecular flexibility index (Phi) is 4.44. The van der Waals surface area contributed by atoms with E-state index in [9.17, 15) is 10.1 Å². The molecule has 2 aromatic carbocycles. The summed E-state index contributed by atoms with van der Waals surface area (Å²) in [5.41, 5.74) is 6.95. The molecule has 2 rings (SSSR count). The second-order valence-corrected chi connectivity index (χ2v) is 5.53. The van der Waals surface area contributed by atoms with Gasteiger partial charge in [0.1, 0.15) is 0 Å². The maximum absolute atomic E-state index is 11.4. The summed E-state index contributed by atoms with van der Waals surface area (Å²) >= 11 is 0. The molecule has 0 aliphatic carbocycles. The van der Waals surface area contributed by atoms with Crippen molar-refractivity contribution in [2.75, 3.05) is 18.0 Å². The minimum Gasteiger partial charge on any atom is -0.368 e. The lowest BCUT2D eigenvalue weighted by molar-refractivity contribution is -0.116. The molecule has 2 aromatic rings. The van der Waals surface area contributed by atoms with Gasteiger partial charge < -0.3 is 10.6 Å². The molecular formula is C17H19N3O. The van der Waals surface area contributed by atoms with E-state index in [4.69, 9.17) is 5.73 Å². The van der Waals surface area contributed by atoms with E-state index in [-0.39, 0.29) is 12.5 Å². The summed E-state index contributed by atoms with van der Waals surface area (Å²) in [5, 5.41) is 11.1. The number of nitrogens with two attached hydrogens (primary N) is 1. The van der Waals surface area contributed by atoms with Crippen LogP contribution in [0.2, 0.25) is 0 Å². The van der Waals surface area contributed by atoms with Crippen LogP contribution in [0.25, 0.3) is 10.8 Å². The van der Waals surface area contributed by atoms with Crippen molar-refractivity contribution >= 4 is 22.4 Å². The van der Waals surface area contributed by atoms with E-state index in [0.717, 1.165) is 23.0 Å². The molecular weight excluding hydrogens is 262 g/mol. The average molecular weight is 281 g/mol. The molecule has 0 radical (unpaired) electrons. The van der Waals surface area contributed by atoms with Gasteiger partial charge >= 0.3 is 0 Å². The molecule has 2 N–H and O–H groups in total. The molecule has 0 fully saturated rings. The van der Waals surface area contributed by atoms with Crippen LogP contribution in [0.4, 0.5) is 5.69 Å². The Morgan fingerprint density at radius 3 is 2.48 bits per heavy atom. The van der Waals surface area contributed by atoms with Gasteiger partial charge in [0.25, 0.3) is 0 Å². The van der Waals surface area contributed by atoms with E-state index in [1.807, 2.05) is 35.2 Å². The van der Waals surface area contributed by atoms with Crippen molar-refractivity contribution in [1.29, 1.82) is 5.26 Å². The zero-order valence-electron chi connectivity index (χ0n) is 12.3. The number of nitriles is 1. The van der Waals surface area contributed by atoms with Crippen LogP contribution in [-0.4, -0.2) is 19.0 Å². The van der Waals surface area contributed by atoms with Gasteiger partial charge in [0.05, 0.1) is 18.2 Å². The molecule has 0 aliphatic heterocycles. The number of fused-ring (bicyclic) bond motifs is 1. The molecule has 4 nitrogen and oxygen atoms in total. The third kappa shape index (κ3) is 3.32. The molecule has 0 atom stereocenters. The fourth-order valence-corrected chi connectivity index (χ4v) is 2.53. The summed E-state index contributed by atoms with van der Waals surface area (Å²) in [6, 6.07) is 13.6. The zero-order valence-corrected chi connectivity index (χ0v) is 12.3. The van der Waals surface area contributed by atoms with Crippen LogP contribution >= 0.6 is 0 Å². The minimum absolute atomic E-state index is 0.175. The van der Waals surface area contributed by atoms with Crippen LogP contribution in [-0.2, 0) is 4.79 Å². The van der Waals surface area contributed by atoms with Crippen LogP contribution in [0, 0.1) is 17.2 Å². The van der Waals surface area contributed by atoms with Crippen LogP contribution in [0.3, 0.4) is 0 Å². The first-order chi connectivity index (χ1) is 10.0. The highest BCUT2D eigenvalue weighted by molar-refractivity contribution is 5.98. The average Bonchev–Trinajstić information content (AvgIpc) is 2.44. The zero-order chi connectivity index (χ0) is 15.4. The van der Waals surface area contributed by atoms with Crippen LogP contribution < -0.4 is 10.6 Å². The van der Waals surface area contributed by atoms with Crippen molar-refractivity contribution in [2.45, 2.75) is 13.8 Å². The van der Waals surface area contributed by atoms with Gasteiger partial charge in [-0.15, -0.1) is 0 Å². The summed E-state index contributed by atoms with van der Waals surface area (Å²) in [6.07, 6.45) is 0. The number of nitrogens with zero attached hydrogens (tertiary/aromatic N) is 2. The monoisotopic (exact) mass is 281 g/mol. The van der Waals surface area contributed by atoms with Gasteiger partial charge in [0.15, 0.2) is 0 Å². The predicted octanol–water partition coefficient (Wildman–Crippen LogP) is 2.66. The molecule has 0 aromatic heterocycles. The number of benzene rings is 2. The molecule has 0 saturated heterocycles. The van der Waals surface area contributed by atoms with Crippen molar-refractivity contribution in [2.24, 2.45) is 11.7 Å². The van der Waals surface area contributed by atoms with Crippen molar-refractivity contribution in [3.63, 3.8) is 0 Å². The Morgan fingerprint density at radius 1 is 1.24 bits per heavy atom. The van der Waals surface area contributed by atoms with Crippen LogP contribution in [0.15, 0.2) is 36.4 Å². The fraction of sp³-hybridized carbons (Fsp3) is 0.294. The lowest BCUT2D eigenvalue weighted by Crippen LogP contribution is -2.36. The van der Waals surface area contributed by atoms with E-state index in [2.05, 4.69) is 19.9 Å². The third-order valence-corrected chi connectivity index (χ3v) is 3.29. The Hall–Kier alpha value is -2.54. The van der Waals surface area contributed by atoms with Crippen molar-refractivity contribution in [1.82, 2.24) is 0 Å². The Morgan fingerprint density at radius 2 is 1.90 bits per heavy atom. The summed E-state index contributed by atoms with van der Waals surface area (Å²) < 4.78 is 0. The normalized spacial score (nSPS) is 10.6. The van der Waals surface area contributed by atoms with Crippen molar-refractivity contribution < 1.29 is 4.79 Å². The fourth-order valence-electron chi connectivity index (χ4n) is 2.53. The number of anilines is 1. The summed E-state index contributed by atoms with van der Waals surface area (Å²) in [7, 11) is 0. The molecule has 108 valence electrons. The van der Waals surface area contributed by atoms with Gasteiger partial charge in [-0.3, -0.25) is 4.79 Å². The predicted molar refractivity (Wildman–Crippen MR) is 84.9 cm³/mol. The topological polar surface area (TPSA) is 70.1 Å². The standard InChI is InChI=1S/C17H19N3O/c1-12(2)10-20(11-17(19)21)16-8-7-13(9-18)14-5-3-4-6-15(14)16/h3-8,12H,10-11H2,1-2H3,(H2,19,21). The summed E-state index contributed by atoms with van der Waals surface area (Å²) in [6.45, 7) is 5.10. The van der Waals surface area contributed by atoms with Gasteiger partial charge in [0, 0.05) is 23.0 Å². The number of rotatable bonds is 5. The number of carbonyl (C=O) groups is 1. The highest BCUT2D eigenvalue weighted by atomic mass is 16.1. The van der Waals surface area contributed by atoms with E-state index in [0.29, 0.717) is 11.5 Å². The Balaban J connectivity index is 2.57. The van der Waals surface area contributed by atoms with Crippen LogP contribution in [0.5, 0.6) is 0 Å². The van der Waals surface area contributed by atoms with E-state index in [1.54, 1.807) is 6.07 Å². The van der Waals surface area contributed by atoms with Gasteiger partial charge in [-0.25, -0.2) is 0 Å². The number of carbonyl (C=O) groups excluding carboxylic acids is 1. The van der Waals surface area contributed by atoms with Crippen LogP contribution in [0.1, 0.15) is 19.4 Å². The molecule has 0 heterocycles. The van der Waals surface area contributed by atoms with Gasteiger partial charge in [-0.1, -0.05) is 38.1 Å². The summed E-state index contributed by atoms with van der Waals surface area (Å²) in [5.74, 6) is 0.0443. The van der Waals surface area contributed by atoms with Crippen molar-refractivity contribution in [3.8, 4) is 6.07 Å². The van der Waals surface area contributed by atoms with Gasteiger partial charge in [-0.05, 0) is 18.1 Å². The smallest absolute Gasteiger partial charge is 0.236 e. The second kappa shape index (κ2) is 6.27. The highest BCUT2D eigenvalue weighted by Crippen LogP contribution is 2.29. The maximum Gasteiger partial charge on any atom is 0.236 e. The molecule has 0 bridgehead atoms. The number of hydrogen-bond acceptors (Lipinski definition) is 3. The number of primary amides is 1. The lowest BCUT2D eigenvalue weighted by atomic mass is 10.0. The second-order valence-electron chi connectivity index (χ2n) is 5.53. The summed E-state index contributed by atoms with van der Waals surface area (Å²) in [4.78, 5) is 13.3. The van der Waals surface area contributed by atoms with Gasteiger partial charge in [-0.2, -0.15) is 5.26 Å². The minimum atomic E-state index is -0.357. The highest BCUT2D eigenvalue weighted by Gasteiger charge is 2.15. The Labute approximate surface area is 124 Å². The largest absolute Gasteiger partial charge is 0.368 e. The molecule has 4 heteroatoms. The van der Waals surface area contributed by atoms with E-state index >= 15 is 0 Å². The number of amides is 1. The Bertz CT molecular complexity index is 701.